The lowest BCUT2D eigenvalue weighted by atomic mass is 9.98. The molecular weight excluding hydrogens is 467 g/mol. The third kappa shape index (κ3) is 7.20. The molecule has 0 amide bonds. The first-order valence-electron chi connectivity index (χ1n) is 10.2. The summed E-state index contributed by atoms with van der Waals surface area (Å²) in [5, 5.41) is 15.2. The van der Waals surface area contributed by atoms with Gasteiger partial charge in [0.1, 0.15) is 5.82 Å². The van der Waals surface area contributed by atoms with Gasteiger partial charge in [0, 0.05) is 39.4 Å². The Morgan fingerprint density at radius 2 is 1.93 bits per heavy atom. The van der Waals surface area contributed by atoms with Crippen LogP contribution in [0.4, 0.5) is 0 Å². The summed E-state index contributed by atoms with van der Waals surface area (Å²) in [5.74, 6) is 1.84. The van der Waals surface area contributed by atoms with Gasteiger partial charge in [-0.05, 0) is 37.8 Å². The highest BCUT2D eigenvalue weighted by molar-refractivity contribution is 14.0. The molecule has 2 aromatic rings. The summed E-state index contributed by atoms with van der Waals surface area (Å²) >= 11 is 0. The second-order valence-electron chi connectivity index (χ2n) is 7.06. The first-order chi connectivity index (χ1) is 13.4. The SMILES string of the molecule is CN=C(NCCCOC1CCCCC1)NCCCc1nnc2ccccn12.I. The normalized spacial score (nSPS) is 15.4. The van der Waals surface area contributed by atoms with Gasteiger partial charge in [-0.1, -0.05) is 25.3 Å². The summed E-state index contributed by atoms with van der Waals surface area (Å²) in [7, 11) is 1.81. The van der Waals surface area contributed by atoms with Crippen molar-refractivity contribution in [3.8, 4) is 0 Å². The van der Waals surface area contributed by atoms with E-state index in [-0.39, 0.29) is 24.0 Å². The molecule has 8 heteroatoms. The molecule has 0 bridgehead atoms. The first-order valence-corrected chi connectivity index (χ1v) is 10.2. The van der Waals surface area contributed by atoms with Crippen LogP contribution in [-0.4, -0.2) is 53.4 Å². The largest absolute Gasteiger partial charge is 0.378 e. The van der Waals surface area contributed by atoms with E-state index in [1.807, 2.05) is 28.8 Å². The van der Waals surface area contributed by atoms with E-state index in [9.17, 15) is 0 Å². The second kappa shape index (κ2) is 12.9. The minimum absolute atomic E-state index is 0. The van der Waals surface area contributed by atoms with Gasteiger partial charge in [0.2, 0.25) is 0 Å². The highest BCUT2D eigenvalue weighted by Gasteiger charge is 2.13. The lowest BCUT2D eigenvalue weighted by Crippen LogP contribution is -2.38. The predicted molar refractivity (Wildman–Crippen MR) is 124 cm³/mol. The summed E-state index contributed by atoms with van der Waals surface area (Å²) in [6, 6.07) is 5.95. The Balaban J connectivity index is 0.00000280. The molecule has 3 rings (SSSR count). The molecule has 0 radical (unpaired) electrons. The number of hydrogen-bond donors (Lipinski definition) is 2. The second-order valence-corrected chi connectivity index (χ2v) is 7.06. The van der Waals surface area contributed by atoms with Crippen LogP contribution in [0.3, 0.4) is 0 Å². The number of fused-ring (bicyclic) bond motifs is 1. The number of nitrogens with one attached hydrogen (secondary N) is 2. The number of hydrogen-bond acceptors (Lipinski definition) is 4. The smallest absolute Gasteiger partial charge is 0.190 e. The highest BCUT2D eigenvalue weighted by Crippen LogP contribution is 2.20. The van der Waals surface area contributed by atoms with E-state index in [0.29, 0.717) is 6.10 Å². The first kappa shape index (κ1) is 22.9. The van der Waals surface area contributed by atoms with Crippen molar-refractivity contribution in [1.82, 2.24) is 25.2 Å². The third-order valence-electron chi connectivity index (χ3n) is 5.00. The van der Waals surface area contributed by atoms with E-state index in [1.54, 1.807) is 7.05 Å². The summed E-state index contributed by atoms with van der Waals surface area (Å²) in [6.45, 7) is 2.55. The number of rotatable bonds is 9. The Morgan fingerprint density at radius 1 is 1.14 bits per heavy atom. The number of aryl methyl sites for hydroxylation is 1. The maximum atomic E-state index is 5.96. The Hall–Kier alpha value is -1.42. The van der Waals surface area contributed by atoms with Crippen LogP contribution in [0.5, 0.6) is 0 Å². The monoisotopic (exact) mass is 500 g/mol. The van der Waals surface area contributed by atoms with Crippen molar-refractivity contribution < 1.29 is 4.74 Å². The Morgan fingerprint density at radius 3 is 2.71 bits per heavy atom. The van der Waals surface area contributed by atoms with Gasteiger partial charge in [0.05, 0.1) is 6.10 Å². The predicted octanol–water partition coefficient (Wildman–Crippen LogP) is 3.18. The molecule has 0 aliphatic heterocycles. The van der Waals surface area contributed by atoms with E-state index in [0.717, 1.165) is 56.4 Å². The van der Waals surface area contributed by atoms with Crippen molar-refractivity contribution in [2.45, 2.75) is 57.5 Å². The topological polar surface area (TPSA) is 75.8 Å². The van der Waals surface area contributed by atoms with E-state index in [1.165, 1.54) is 32.1 Å². The number of guanidine groups is 1. The van der Waals surface area contributed by atoms with Crippen LogP contribution in [-0.2, 0) is 11.2 Å². The molecule has 1 saturated carbocycles. The van der Waals surface area contributed by atoms with Gasteiger partial charge in [-0.15, -0.1) is 34.2 Å². The molecule has 28 heavy (non-hydrogen) atoms. The van der Waals surface area contributed by atoms with Crippen molar-refractivity contribution in [2.75, 3.05) is 26.7 Å². The standard InChI is InChI=1S/C20H32N6O.HI/c1-21-20(23-14-8-16-27-17-9-3-2-4-10-17)22-13-7-12-19-25-24-18-11-5-6-15-26(18)19;/h5-6,11,15,17H,2-4,7-10,12-14,16H2,1H3,(H2,21,22,23);1H. The molecule has 0 unspecified atom stereocenters. The average Bonchev–Trinajstić information content (AvgIpc) is 3.13. The number of ether oxygens (including phenoxy) is 1. The molecule has 2 heterocycles. The molecule has 2 aromatic heterocycles. The van der Waals surface area contributed by atoms with Crippen LogP contribution < -0.4 is 10.6 Å². The van der Waals surface area contributed by atoms with Crippen LogP contribution in [0, 0.1) is 0 Å². The fraction of sp³-hybridized carbons (Fsp3) is 0.650. The Kier molecular flexibility index (Phi) is 10.6. The zero-order valence-electron chi connectivity index (χ0n) is 16.8. The number of pyridine rings is 1. The van der Waals surface area contributed by atoms with Gasteiger partial charge in [-0.2, -0.15) is 0 Å². The molecular formula is C20H33IN6O. The van der Waals surface area contributed by atoms with Crippen molar-refractivity contribution in [3.63, 3.8) is 0 Å². The van der Waals surface area contributed by atoms with Crippen LogP contribution in [0.1, 0.15) is 50.8 Å². The van der Waals surface area contributed by atoms with E-state index < -0.39 is 0 Å². The molecule has 0 aromatic carbocycles. The molecule has 0 spiro atoms. The van der Waals surface area contributed by atoms with Crippen LogP contribution >= 0.6 is 24.0 Å². The molecule has 2 N–H and O–H groups in total. The van der Waals surface area contributed by atoms with Gasteiger partial charge < -0.3 is 15.4 Å². The molecule has 0 atom stereocenters. The number of halogens is 1. The lowest BCUT2D eigenvalue weighted by molar-refractivity contribution is 0.0277. The van der Waals surface area contributed by atoms with Crippen molar-refractivity contribution >= 4 is 35.6 Å². The zero-order valence-corrected chi connectivity index (χ0v) is 19.1. The van der Waals surface area contributed by atoms with Crippen LogP contribution in [0.15, 0.2) is 29.4 Å². The summed E-state index contributed by atoms with van der Waals surface area (Å²) in [6.07, 6.45) is 11.8. The number of aromatic nitrogens is 3. The van der Waals surface area contributed by atoms with Gasteiger partial charge in [-0.25, -0.2) is 0 Å². The summed E-state index contributed by atoms with van der Waals surface area (Å²) in [4.78, 5) is 4.28. The van der Waals surface area contributed by atoms with E-state index in [4.69, 9.17) is 4.74 Å². The maximum Gasteiger partial charge on any atom is 0.190 e. The third-order valence-corrected chi connectivity index (χ3v) is 5.00. The quantitative estimate of drug-likeness (QED) is 0.240. The van der Waals surface area contributed by atoms with Gasteiger partial charge >= 0.3 is 0 Å². The molecule has 7 nitrogen and oxygen atoms in total. The minimum Gasteiger partial charge on any atom is -0.378 e. The van der Waals surface area contributed by atoms with Gasteiger partial charge in [-0.3, -0.25) is 9.39 Å². The number of nitrogens with zero attached hydrogens (tertiary/aromatic N) is 4. The van der Waals surface area contributed by atoms with Crippen molar-refractivity contribution in [3.05, 3.63) is 30.2 Å². The molecule has 1 aliphatic carbocycles. The van der Waals surface area contributed by atoms with Gasteiger partial charge in [0.15, 0.2) is 11.6 Å². The minimum atomic E-state index is 0. The molecule has 1 fully saturated rings. The molecule has 156 valence electrons. The van der Waals surface area contributed by atoms with Gasteiger partial charge in [0.25, 0.3) is 0 Å². The van der Waals surface area contributed by atoms with Crippen molar-refractivity contribution in [1.29, 1.82) is 0 Å². The van der Waals surface area contributed by atoms with Crippen molar-refractivity contribution in [2.24, 2.45) is 4.99 Å². The van der Waals surface area contributed by atoms with Crippen LogP contribution in [0.2, 0.25) is 0 Å². The van der Waals surface area contributed by atoms with Crippen LogP contribution in [0.25, 0.3) is 5.65 Å². The summed E-state index contributed by atoms with van der Waals surface area (Å²) in [5.41, 5.74) is 0.897. The maximum absolute atomic E-state index is 5.96. The summed E-state index contributed by atoms with van der Waals surface area (Å²) < 4.78 is 8.00. The van der Waals surface area contributed by atoms with E-state index >= 15 is 0 Å². The zero-order chi connectivity index (χ0) is 18.7. The Labute approximate surface area is 184 Å². The molecule has 0 saturated heterocycles. The Bertz CT molecular complexity index is 714. The molecule has 1 aliphatic rings. The fourth-order valence-corrected chi connectivity index (χ4v) is 3.50. The average molecular weight is 500 g/mol. The highest BCUT2D eigenvalue weighted by atomic mass is 127. The lowest BCUT2D eigenvalue weighted by Gasteiger charge is -2.22. The fourth-order valence-electron chi connectivity index (χ4n) is 3.50. The van der Waals surface area contributed by atoms with E-state index in [2.05, 4.69) is 25.8 Å². The number of aliphatic imine (C=N–C) groups is 1.